The number of benzene rings is 1. The number of hydrogen-bond donors (Lipinski definition) is 2. The summed E-state index contributed by atoms with van der Waals surface area (Å²) in [4.78, 5) is 15.3. The summed E-state index contributed by atoms with van der Waals surface area (Å²) in [5, 5.41) is 4.99. The van der Waals surface area contributed by atoms with Crippen LogP contribution in [0.25, 0.3) is 10.9 Å². The second-order valence-corrected chi connectivity index (χ2v) is 9.63. The van der Waals surface area contributed by atoms with Crippen LogP contribution in [0, 0.1) is 0 Å². The Hall–Kier alpha value is -3.54. The topological polar surface area (TPSA) is 66.1 Å². The fourth-order valence-electron chi connectivity index (χ4n) is 5.14. The molecule has 0 saturated carbocycles. The van der Waals surface area contributed by atoms with Crippen molar-refractivity contribution < 1.29 is 4.74 Å². The molecule has 3 aromatic heterocycles. The number of ether oxygens (including phenoxy) is 1. The molecule has 0 bridgehead atoms. The maximum Gasteiger partial charge on any atom is 0.217 e. The number of fused-ring (bicyclic) bond motifs is 3. The largest absolute Gasteiger partial charge is 0.477 e. The highest BCUT2D eigenvalue weighted by Gasteiger charge is 2.16. The molecular weight excluding hydrogens is 470 g/mol. The average Bonchev–Trinajstić information content (AvgIpc) is 3.32. The van der Waals surface area contributed by atoms with Crippen LogP contribution >= 0.6 is 0 Å². The Kier molecular flexibility index (Phi) is 10.0. The number of rotatable bonds is 11. The molecule has 2 N–H and O–H groups in total. The monoisotopic (exact) mass is 513 g/mol. The van der Waals surface area contributed by atoms with Gasteiger partial charge >= 0.3 is 0 Å². The van der Waals surface area contributed by atoms with Gasteiger partial charge in [-0.2, -0.15) is 4.98 Å². The van der Waals surface area contributed by atoms with Crippen LogP contribution in [0.1, 0.15) is 70.3 Å². The number of nitrogens with one attached hydrogen (secondary N) is 2. The van der Waals surface area contributed by atoms with E-state index in [-0.39, 0.29) is 0 Å². The number of hydrogen-bond acceptors (Lipinski definition) is 5. The molecule has 38 heavy (non-hydrogen) atoms. The lowest BCUT2D eigenvalue weighted by Gasteiger charge is -2.24. The Labute approximate surface area is 227 Å². The van der Waals surface area contributed by atoms with Crippen LogP contribution in [0.4, 0.5) is 17.2 Å². The molecular formula is C32H43N5O. The molecule has 0 radical (unpaired) electrons. The number of nitrogens with zero attached hydrogens (tertiary/aromatic N) is 3. The first kappa shape index (κ1) is 27.5. The number of aromatic nitrogens is 3. The highest BCUT2D eigenvalue weighted by molar-refractivity contribution is 5.88. The zero-order valence-electron chi connectivity index (χ0n) is 23.5. The van der Waals surface area contributed by atoms with E-state index < -0.39 is 0 Å². The van der Waals surface area contributed by atoms with Gasteiger partial charge in [0.15, 0.2) is 0 Å². The quantitative estimate of drug-likeness (QED) is 0.214. The number of anilines is 3. The Morgan fingerprint density at radius 2 is 1.76 bits per heavy atom. The van der Waals surface area contributed by atoms with Crippen molar-refractivity contribution in [1.82, 2.24) is 15.0 Å². The molecule has 0 fully saturated rings. The van der Waals surface area contributed by atoms with Crippen molar-refractivity contribution in [3.8, 4) is 5.88 Å². The molecule has 0 saturated heterocycles. The first-order valence-corrected chi connectivity index (χ1v) is 14.4. The van der Waals surface area contributed by atoms with Crippen LogP contribution in [0.15, 0.2) is 54.7 Å². The van der Waals surface area contributed by atoms with Gasteiger partial charge in [-0.1, -0.05) is 33.8 Å². The van der Waals surface area contributed by atoms with Gasteiger partial charge in [-0.25, -0.2) is 0 Å². The minimum atomic E-state index is 0.538. The van der Waals surface area contributed by atoms with Crippen LogP contribution < -0.4 is 15.0 Å². The van der Waals surface area contributed by atoms with Crippen LogP contribution in [0.2, 0.25) is 0 Å². The van der Waals surface area contributed by atoms with Gasteiger partial charge in [-0.15, -0.1) is 0 Å². The number of H-pyrrole nitrogens is 1. The highest BCUT2D eigenvalue weighted by Crippen LogP contribution is 2.33. The Morgan fingerprint density at radius 3 is 2.53 bits per heavy atom. The van der Waals surface area contributed by atoms with Crippen molar-refractivity contribution >= 4 is 28.1 Å². The fraction of sp³-hybridized carbons (Fsp3) is 0.438. The second-order valence-electron chi connectivity index (χ2n) is 9.63. The van der Waals surface area contributed by atoms with E-state index in [1.54, 1.807) is 0 Å². The van der Waals surface area contributed by atoms with Gasteiger partial charge in [0.25, 0.3) is 0 Å². The van der Waals surface area contributed by atoms with Gasteiger partial charge in [0, 0.05) is 71.5 Å². The fourth-order valence-corrected chi connectivity index (χ4v) is 5.14. The summed E-state index contributed by atoms with van der Waals surface area (Å²) < 4.78 is 6.14. The number of aromatic amines is 1. The molecule has 1 aliphatic rings. The summed E-state index contributed by atoms with van der Waals surface area (Å²) in [7, 11) is 0. The summed E-state index contributed by atoms with van der Waals surface area (Å²) >= 11 is 0. The van der Waals surface area contributed by atoms with Crippen molar-refractivity contribution in [2.75, 3.05) is 29.9 Å². The maximum atomic E-state index is 6.14. The van der Waals surface area contributed by atoms with Gasteiger partial charge in [0.1, 0.15) is 5.82 Å². The van der Waals surface area contributed by atoms with Gasteiger partial charge in [-0.3, -0.25) is 4.98 Å². The van der Waals surface area contributed by atoms with Gasteiger partial charge in [-0.05, 0) is 74.4 Å². The molecule has 6 nitrogen and oxygen atoms in total. The third-order valence-corrected chi connectivity index (χ3v) is 6.82. The first-order valence-electron chi connectivity index (χ1n) is 14.4. The summed E-state index contributed by atoms with van der Waals surface area (Å²) in [6.07, 6.45) is 9.59. The predicted molar refractivity (Wildman–Crippen MR) is 160 cm³/mol. The summed E-state index contributed by atoms with van der Waals surface area (Å²) in [6.45, 7) is 10.9. The van der Waals surface area contributed by atoms with Crippen molar-refractivity contribution in [2.45, 2.75) is 72.6 Å². The lowest BCUT2D eigenvalue weighted by atomic mass is 9.95. The molecule has 202 valence electrons. The lowest BCUT2D eigenvalue weighted by Crippen LogP contribution is -2.26. The molecule has 0 amide bonds. The van der Waals surface area contributed by atoms with Crippen molar-refractivity contribution in [3.63, 3.8) is 0 Å². The van der Waals surface area contributed by atoms with Gasteiger partial charge in [0.2, 0.25) is 5.88 Å². The molecule has 0 unspecified atom stereocenters. The average molecular weight is 514 g/mol. The van der Waals surface area contributed by atoms with Crippen molar-refractivity contribution in [2.24, 2.45) is 0 Å². The SMILES string of the molecule is CC.CCCN(CCC)c1cc(Nc2ccc3[nH]c4c(c3c2)CCCC4)cc(OCCc2ccccn2)n1. The molecule has 0 aliphatic heterocycles. The minimum absolute atomic E-state index is 0.538. The van der Waals surface area contributed by atoms with Crippen LogP contribution in [0.5, 0.6) is 5.88 Å². The van der Waals surface area contributed by atoms with Crippen LogP contribution in [-0.4, -0.2) is 34.6 Å². The Balaban J connectivity index is 0.00000164. The van der Waals surface area contributed by atoms with Crippen LogP contribution in [-0.2, 0) is 19.3 Å². The molecule has 1 aliphatic carbocycles. The minimum Gasteiger partial charge on any atom is -0.477 e. The molecule has 0 atom stereocenters. The van der Waals surface area contributed by atoms with E-state index >= 15 is 0 Å². The number of pyridine rings is 2. The number of aryl methyl sites for hydroxylation is 2. The molecule has 1 aromatic carbocycles. The van der Waals surface area contributed by atoms with Crippen molar-refractivity contribution in [1.29, 1.82) is 0 Å². The zero-order chi connectivity index (χ0) is 26.7. The molecule has 4 aromatic rings. The third-order valence-electron chi connectivity index (χ3n) is 6.82. The van der Waals surface area contributed by atoms with E-state index in [1.165, 1.54) is 35.0 Å². The van der Waals surface area contributed by atoms with Gasteiger partial charge < -0.3 is 19.9 Å². The van der Waals surface area contributed by atoms with E-state index in [0.717, 1.165) is 68.1 Å². The van der Waals surface area contributed by atoms with E-state index in [4.69, 9.17) is 9.72 Å². The molecule has 6 heteroatoms. The van der Waals surface area contributed by atoms with E-state index in [9.17, 15) is 0 Å². The third kappa shape index (κ3) is 6.85. The summed E-state index contributed by atoms with van der Waals surface area (Å²) in [5.74, 6) is 1.60. The molecule has 5 rings (SSSR count). The Morgan fingerprint density at radius 1 is 0.947 bits per heavy atom. The smallest absolute Gasteiger partial charge is 0.217 e. The maximum absolute atomic E-state index is 6.14. The first-order chi connectivity index (χ1) is 18.7. The summed E-state index contributed by atoms with van der Waals surface area (Å²) in [5.41, 5.74) is 7.24. The zero-order valence-corrected chi connectivity index (χ0v) is 23.5. The Bertz CT molecular complexity index is 1280. The summed E-state index contributed by atoms with van der Waals surface area (Å²) in [6, 6.07) is 16.8. The highest BCUT2D eigenvalue weighted by atomic mass is 16.5. The lowest BCUT2D eigenvalue weighted by molar-refractivity contribution is 0.308. The van der Waals surface area contributed by atoms with E-state index in [1.807, 2.05) is 44.3 Å². The second kappa shape index (κ2) is 13.8. The standard InChI is InChI=1S/C30H37N5O.C2H6/c1-3-16-35(17-4-2)29-20-24(21-30(34-29)36-18-14-22-9-7-8-15-31-22)32-23-12-13-28-26(19-23)25-10-5-6-11-27(25)33-28;1-2/h7-9,12-13,15,19-21,33H,3-6,10-11,14,16-18H2,1-2H3,(H,32,34);1-2H3. The van der Waals surface area contributed by atoms with Gasteiger partial charge in [0.05, 0.1) is 6.61 Å². The van der Waals surface area contributed by atoms with Crippen molar-refractivity contribution in [3.05, 3.63) is 71.7 Å². The van der Waals surface area contributed by atoms with E-state index in [2.05, 4.69) is 58.3 Å². The van der Waals surface area contributed by atoms with Crippen LogP contribution in [0.3, 0.4) is 0 Å². The molecule has 3 heterocycles. The van der Waals surface area contributed by atoms with E-state index in [0.29, 0.717) is 12.5 Å². The molecule has 0 spiro atoms. The normalized spacial score (nSPS) is 12.4. The predicted octanol–water partition coefficient (Wildman–Crippen LogP) is 7.85.